The highest BCUT2D eigenvalue weighted by atomic mass is 16.5. The average Bonchev–Trinajstić information content (AvgIpc) is 1.36. The quantitative estimate of drug-likeness (QED) is 0.0330. The molecule has 0 rings (SSSR count). The normalized spacial score (nSPS) is 13.5. The summed E-state index contributed by atoms with van der Waals surface area (Å²) in [5, 5.41) is 45.3. The minimum Gasteiger partial charge on any atom is -0.481 e. The number of unbranched alkanes of at least 4 members (excludes halogenated alkanes) is 16. The number of hydrogen-bond acceptors (Lipinski definition) is 21. The second-order valence-electron chi connectivity index (χ2n) is 26.4. The Labute approximate surface area is 554 Å². The minimum atomic E-state index is -1.19. The zero-order valence-electron chi connectivity index (χ0n) is 58.1. The van der Waals surface area contributed by atoms with Crippen molar-refractivity contribution in [2.24, 2.45) is 17.6 Å². The highest BCUT2D eigenvalue weighted by molar-refractivity contribution is 5.94. The first kappa shape index (κ1) is 88.2. The van der Waals surface area contributed by atoms with Crippen LogP contribution in [0.25, 0.3) is 0 Å². The summed E-state index contributed by atoms with van der Waals surface area (Å²) in [7, 11) is 0. The van der Waals surface area contributed by atoms with Gasteiger partial charge in [-0.05, 0) is 98.8 Å². The first-order chi connectivity index (χ1) is 44.0. The summed E-state index contributed by atoms with van der Waals surface area (Å²) < 4.78 is 21.8. The van der Waals surface area contributed by atoms with E-state index in [1.807, 2.05) is 13.8 Å². The molecule has 4 atom stereocenters. The fraction of sp³-hybridized carbons (Fsp3) is 0.838. The number of carbonyl (C=O) groups is 11. The topological polar surface area (TPSA) is 384 Å². The van der Waals surface area contributed by atoms with E-state index in [1.165, 1.54) is 64.7 Å². The van der Waals surface area contributed by atoms with Gasteiger partial charge < -0.3 is 56.0 Å². The van der Waals surface area contributed by atoms with Crippen LogP contribution in [0.4, 0.5) is 0 Å². The predicted molar refractivity (Wildman–Crippen MR) is 356 cm³/mol. The number of aliphatic carboxylic acids is 2. The van der Waals surface area contributed by atoms with Gasteiger partial charge in [-0.2, -0.15) is 0 Å². The molecule has 93 heavy (non-hydrogen) atoms. The number of Topliss-reactive ketones (excluding diaryl/α,β-unsaturated/α-hetero) is 7. The second kappa shape index (κ2) is 53.3. The number of rotatable bonds is 67. The van der Waals surface area contributed by atoms with Gasteiger partial charge in [-0.1, -0.05) is 104 Å². The Kier molecular flexibility index (Phi) is 50.6. The Hall–Kier alpha value is -4.83. The fourth-order valence-electron chi connectivity index (χ4n) is 10.1. The van der Waals surface area contributed by atoms with Crippen LogP contribution in [0.2, 0.25) is 0 Å². The van der Waals surface area contributed by atoms with E-state index in [4.69, 9.17) is 29.8 Å². The average molecular weight is 1330 g/mol. The van der Waals surface area contributed by atoms with Gasteiger partial charge in [-0.15, -0.1) is 0 Å². The number of ketones is 7. The molecule has 538 valence electrons. The zero-order valence-corrected chi connectivity index (χ0v) is 58.1. The lowest BCUT2D eigenvalue weighted by Crippen LogP contribution is -2.58. The van der Waals surface area contributed by atoms with Crippen molar-refractivity contribution in [1.82, 2.24) is 31.9 Å². The molecule has 2 amide bonds. The minimum absolute atomic E-state index is 0.0223. The van der Waals surface area contributed by atoms with Gasteiger partial charge in [0, 0.05) is 51.8 Å². The maximum atomic E-state index is 13.8. The Morgan fingerprint density at radius 2 is 0.978 bits per heavy atom. The molecule has 0 bridgehead atoms. The summed E-state index contributed by atoms with van der Waals surface area (Å²) in [5.74, 6) is -5.03. The Morgan fingerprint density at radius 3 is 1.52 bits per heavy atom. The van der Waals surface area contributed by atoms with Crippen molar-refractivity contribution in [3.05, 3.63) is 0 Å². The number of carboxylic acids is 2. The van der Waals surface area contributed by atoms with Gasteiger partial charge in [0.1, 0.15) is 24.8 Å². The van der Waals surface area contributed by atoms with Crippen LogP contribution in [0.3, 0.4) is 0 Å². The molecule has 0 radical (unpaired) electrons. The van der Waals surface area contributed by atoms with Crippen molar-refractivity contribution >= 4 is 64.2 Å². The summed E-state index contributed by atoms with van der Waals surface area (Å²) in [6, 6.07) is -1.72. The largest absolute Gasteiger partial charge is 0.481 e. The van der Waals surface area contributed by atoms with E-state index in [9.17, 15) is 63.0 Å². The number of nitrogens with two attached hydrogens (primary N) is 1. The molecule has 0 aliphatic rings. The molecule has 0 heterocycles. The van der Waals surface area contributed by atoms with Crippen LogP contribution in [0, 0.1) is 11.8 Å². The molecule has 0 saturated heterocycles. The lowest BCUT2D eigenvalue weighted by molar-refractivity contribution is -0.144. The van der Waals surface area contributed by atoms with Gasteiger partial charge in [0.2, 0.25) is 11.8 Å². The molecule has 0 aliphatic carbocycles. The van der Waals surface area contributed by atoms with Crippen molar-refractivity contribution < 1.29 is 87.0 Å². The smallest absolute Gasteiger partial charge is 0.306 e. The van der Waals surface area contributed by atoms with E-state index in [1.54, 1.807) is 34.6 Å². The van der Waals surface area contributed by atoms with Crippen molar-refractivity contribution in [3.63, 3.8) is 0 Å². The Balaban J connectivity index is 4.39. The van der Waals surface area contributed by atoms with Crippen LogP contribution in [0.15, 0.2) is 0 Å². The van der Waals surface area contributed by atoms with Crippen LogP contribution < -0.4 is 37.6 Å². The van der Waals surface area contributed by atoms with Crippen molar-refractivity contribution in [1.29, 1.82) is 0 Å². The van der Waals surface area contributed by atoms with Crippen LogP contribution in [0.1, 0.15) is 229 Å². The molecule has 0 fully saturated rings. The van der Waals surface area contributed by atoms with Crippen molar-refractivity contribution in [2.75, 3.05) is 98.7 Å². The van der Waals surface area contributed by atoms with Gasteiger partial charge in [0.15, 0.2) is 28.9 Å². The van der Waals surface area contributed by atoms with Crippen LogP contribution in [-0.4, -0.2) is 207 Å². The van der Waals surface area contributed by atoms with Crippen molar-refractivity contribution in [2.45, 2.75) is 257 Å². The Morgan fingerprint density at radius 1 is 0.473 bits per heavy atom. The van der Waals surface area contributed by atoms with Gasteiger partial charge in [0.05, 0.1) is 100 Å². The molecule has 0 saturated carbocycles. The maximum absolute atomic E-state index is 13.8. The zero-order chi connectivity index (χ0) is 69.9. The monoisotopic (exact) mass is 1330 g/mol. The van der Waals surface area contributed by atoms with Crippen LogP contribution in [-0.2, 0) is 71.7 Å². The summed E-state index contributed by atoms with van der Waals surface area (Å²) in [6.07, 6.45) is 20.8. The standard InChI is InChI=1S/C68H123N7O18/c1-51(2)43-68(8,75-47-59(81)66(4,5)69)61(83)46-72-56(58(80)44-74-67(6,7)60(82)45-73-57(48-76)52(3)77)30-25-26-34-70-63(85)50-93-41-38-90-36-27-29-55(79)49-92-40-39-91-37-35-71-62(84)33-32-53(65(88)89)42-54(78)28-23-21-19-17-15-13-11-9-10-12-14-16-18-20-22-24-31-64(86)87/h51,53,56-57,72-76H,9-50,69H2,1-8H3,(H,70,85)(H,71,84)(H,86,87)(H,88,89)/t53-,56+,57+,68+/m1/s1. The van der Waals surface area contributed by atoms with E-state index in [0.29, 0.717) is 45.1 Å². The summed E-state index contributed by atoms with van der Waals surface area (Å²) >= 11 is 0. The van der Waals surface area contributed by atoms with E-state index in [2.05, 4.69) is 31.9 Å². The van der Waals surface area contributed by atoms with Crippen molar-refractivity contribution in [3.8, 4) is 0 Å². The third-order valence-electron chi connectivity index (χ3n) is 16.2. The molecule has 0 aromatic carbocycles. The number of hydrogen-bond donors (Lipinski definition) is 10. The molecule has 0 aromatic rings. The second-order valence-corrected chi connectivity index (χ2v) is 26.4. The predicted octanol–water partition coefficient (Wildman–Crippen LogP) is 5.63. The third-order valence-corrected chi connectivity index (χ3v) is 16.2. The number of carboxylic acid groups (broad SMARTS) is 2. The number of ether oxygens (including phenoxy) is 4. The van der Waals surface area contributed by atoms with E-state index < -0.39 is 53.2 Å². The SMILES string of the molecule is CC(=O)[C@H](CO)NCC(=O)C(C)(C)NCC(=O)[C@H](CCCCNC(=O)COCCOCCCC(=O)COCCOCCNC(=O)CC[C@H](CC(=O)CCCCCCCCCCCCCCCCCCC(=O)O)C(=O)O)NCC(=O)[C@](C)(CC(C)C)NCC(=O)C(C)(C)N. The molecular weight excluding hydrogens is 1200 g/mol. The van der Waals surface area contributed by atoms with Crippen LogP contribution in [0.5, 0.6) is 0 Å². The van der Waals surface area contributed by atoms with Gasteiger partial charge in [-0.25, -0.2) is 0 Å². The highest BCUT2D eigenvalue weighted by Gasteiger charge is 2.36. The fourth-order valence-corrected chi connectivity index (χ4v) is 10.1. The molecule has 25 nitrogen and oxygen atoms in total. The number of amides is 2. The number of aliphatic hydroxyl groups excluding tert-OH is 1. The first-order valence-corrected chi connectivity index (χ1v) is 34.4. The molecule has 0 aromatic heterocycles. The van der Waals surface area contributed by atoms with Gasteiger partial charge in [0.25, 0.3) is 0 Å². The number of nitrogens with one attached hydrogen (secondary N) is 6. The maximum Gasteiger partial charge on any atom is 0.306 e. The summed E-state index contributed by atoms with van der Waals surface area (Å²) in [4.78, 5) is 137. The summed E-state index contributed by atoms with van der Waals surface area (Å²) in [6.45, 7) is 13.4. The molecular formula is C68H123N7O18. The molecule has 11 N–H and O–H groups in total. The molecule has 0 unspecified atom stereocenters. The molecule has 25 heteroatoms. The Bertz CT molecular complexity index is 2170. The number of carbonyl (C=O) groups excluding carboxylic acids is 9. The lowest BCUT2D eigenvalue weighted by Gasteiger charge is -2.33. The van der Waals surface area contributed by atoms with Gasteiger partial charge >= 0.3 is 11.9 Å². The first-order valence-electron chi connectivity index (χ1n) is 34.4. The van der Waals surface area contributed by atoms with E-state index >= 15 is 0 Å². The van der Waals surface area contributed by atoms with E-state index in [-0.39, 0.29) is 176 Å². The summed E-state index contributed by atoms with van der Waals surface area (Å²) in [5.41, 5.74) is 2.59. The number of aliphatic hydroxyl groups is 1. The molecule has 0 spiro atoms. The highest BCUT2D eigenvalue weighted by Crippen LogP contribution is 2.20. The van der Waals surface area contributed by atoms with Crippen LogP contribution >= 0.6 is 0 Å². The van der Waals surface area contributed by atoms with Gasteiger partial charge in [-0.3, -0.25) is 68.7 Å². The lowest BCUT2D eigenvalue weighted by atomic mass is 9.85. The third kappa shape index (κ3) is 48.5. The molecule has 0 aliphatic heterocycles. The van der Waals surface area contributed by atoms with E-state index in [0.717, 1.165) is 44.9 Å².